The minimum atomic E-state index is -0.241. The summed E-state index contributed by atoms with van der Waals surface area (Å²) >= 11 is 3.20. The van der Waals surface area contributed by atoms with Crippen molar-refractivity contribution in [2.24, 2.45) is 0 Å². The van der Waals surface area contributed by atoms with Crippen molar-refractivity contribution in [2.45, 2.75) is 11.8 Å². The molecule has 6 heteroatoms. The van der Waals surface area contributed by atoms with E-state index in [0.29, 0.717) is 11.6 Å². The number of aromatic nitrogens is 2. The SMILES string of the molecule is CC(Br)C(=O)Nc1cccc(-c2nnco2)c1. The van der Waals surface area contributed by atoms with Crippen LogP contribution in [-0.4, -0.2) is 20.9 Å². The summed E-state index contributed by atoms with van der Waals surface area (Å²) in [4.78, 5) is 11.3. The van der Waals surface area contributed by atoms with Crippen molar-refractivity contribution in [1.82, 2.24) is 10.2 Å². The Bertz CT molecular complexity index is 511. The first-order chi connectivity index (χ1) is 8.16. The predicted molar refractivity (Wildman–Crippen MR) is 66.8 cm³/mol. The largest absolute Gasteiger partial charge is 0.423 e. The van der Waals surface area contributed by atoms with Crippen molar-refractivity contribution in [3.63, 3.8) is 0 Å². The fraction of sp³-hybridized carbons (Fsp3) is 0.182. The molecule has 0 bridgehead atoms. The van der Waals surface area contributed by atoms with Gasteiger partial charge in [0.05, 0.1) is 4.83 Å². The summed E-state index contributed by atoms with van der Waals surface area (Å²) in [6.45, 7) is 1.76. The molecule has 88 valence electrons. The van der Waals surface area contributed by atoms with E-state index in [1.807, 2.05) is 12.1 Å². The number of rotatable bonds is 3. The number of anilines is 1. The lowest BCUT2D eigenvalue weighted by molar-refractivity contribution is -0.115. The Balaban J connectivity index is 2.20. The number of nitrogens with zero attached hydrogens (tertiary/aromatic N) is 2. The number of carbonyl (C=O) groups is 1. The molecular formula is C11H10BrN3O2. The fourth-order valence-electron chi connectivity index (χ4n) is 1.27. The Morgan fingerprint density at radius 1 is 1.53 bits per heavy atom. The van der Waals surface area contributed by atoms with Crippen molar-refractivity contribution >= 4 is 27.5 Å². The molecular weight excluding hydrogens is 286 g/mol. The normalized spacial score (nSPS) is 12.1. The van der Waals surface area contributed by atoms with Gasteiger partial charge < -0.3 is 9.73 Å². The highest BCUT2D eigenvalue weighted by atomic mass is 79.9. The molecule has 0 aliphatic carbocycles. The smallest absolute Gasteiger partial charge is 0.247 e. The van der Waals surface area contributed by atoms with Gasteiger partial charge in [0.2, 0.25) is 18.2 Å². The minimum absolute atomic E-state index is 0.104. The molecule has 0 fully saturated rings. The zero-order valence-electron chi connectivity index (χ0n) is 9.05. The molecule has 0 radical (unpaired) electrons. The van der Waals surface area contributed by atoms with E-state index in [-0.39, 0.29) is 10.7 Å². The zero-order valence-corrected chi connectivity index (χ0v) is 10.6. The third-order valence-electron chi connectivity index (χ3n) is 2.10. The number of hydrogen-bond donors (Lipinski definition) is 1. The van der Waals surface area contributed by atoms with E-state index < -0.39 is 0 Å². The average molecular weight is 296 g/mol. The van der Waals surface area contributed by atoms with Gasteiger partial charge >= 0.3 is 0 Å². The van der Waals surface area contributed by atoms with Gasteiger partial charge in [-0.25, -0.2) is 0 Å². The topological polar surface area (TPSA) is 68.0 Å². The summed E-state index contributed by atoms with van der Waals surface area (Å²) in [7, 11) is 0. The number of halogens is 1. The average Bonchev–Trinajstić information content (AvgIpc) is 2.82. The van der Waals surface area contributed by atoms with E-state index in [4.69, 9.17) is 4.42 Å². The predicted octanol–water partition coefficient (Wildman–Crippen LogP) is 2.46. The molecule has 5 nitrogen and oxygen atoms in total. The van der Waals surface area contributed by atoms with Crippen molar-refractivity contribution in [2.75, 3.05) is 5.32 Å². The van der Waals surface area contributed by atoms with Crippen LogP contribution in [0.1, 0.15) is 6.92 Å². The van der Waals surface area contributed by atoms with Gasteiger partial charge in [-0.3, -0.25) is 4.79 Å². The Kier molecular flexibility index (Phi) is 3.53. The molecule has 0 spiro atoms. The van der Waals surface area contributed by atoms with Crippen LogP contribution in [0.3, 0.4) is 0 Å². The zero-order chi connectivity index (χ0) is 12.3. The molecule has 1 aromatic carbocycles. The Hall–Kier alpha value is -1.69. The van der Waals surface area contributed by atoms with Gasteiger partial charge in [-0.15, -0.1) is 10.2 Å². The maximum Gasteiger partial charge on any atom is 0.247 e. The van der Waals surface area contributed by atoms with Crippen LogP contribution in [0.15, 0.2) is 35.1 Å². The van der Waals surface area contributed by atoms with Crippen LogP contribution >= 0.6 is 15.9 Å². The minimum Gasteiger partial charge on any atom is -0.423 e. The van der Waals surface area contributed by atoms with Crippen LogP contribution in [0.4, 0.5) is 5.69 Å². The van der Waals surface area contributed by atoms with E-state index in [1.54, 1.807) is 19.1 Å². The first-order valence-electron chi connectivity index (χ1n) is 4.98. The second kappa shape index (κ2) is 5.09. The third kappa shape index (κ3) is 2.91. The van der Waals surface area contributed by atoms with E-state index in [0.717, 1.165) is 5.56 Å². The van der Waals surface area contributed by atoms with Crippen LogP contribution < -0.4 is 5.32 Å². The standard InChI is InChI=1S/C11H10BrN3O2/c1-7(12)10(16)14-9-4-2-3-8(5-9)11-15-13-6-17-11/h2-7H,1H3,(H,14,16). The highest BCUT2D eigenvalue weighted by Crippen LogP contribution is 2.20. The molecule has 0 saturated carbocycles. The number of benzene rings is 1. The summed E-state index contributed by atoms with van der Waals surface area (Å²) in [5.74, 6) is 0.320. The second-order valence-corrected chi connectivity index (χ2v) is 4.80. The van der Waals surface area contributed by atoms with Crippen molar-refractivity contribution < 1.29 is 9.21 Å². The van der Waals surface area contributed by atoms with Crippen molar-refractivity contribution in [1.29, 1.82) is 0 Å². The number of carbonyl (C=O) groups excluding carboxylic acids is 1. The summed E-state index contributed by atoms with van der Waals surface area (Å²) < 4.78 is 5.08. The number of amides is 1. The number of hydrogen-bond acceptors (Lipinski definition) is 4. The summed E-state index contributed by atoms with van der Waals surface area (Å²) in [6, 6.07) is 7.22. The molecule has 2 aromatic rings. The Labute approximate surface area is 106 Å². The van der Waals surface area contributed by atoms with Gasteiger partial charge in [-0.2, -0.15) is 0 Å². The van der Waals surface area contributed by atoms with Gasteiger partial charge in [-0.05, 0) is 25.1 Å². The van der Waals surface area contributed by atoms with E-state index in [9.17, 15) is 4.79 Å². The molecule has 1 unspecified atom stereocenters. The Morgan fingerprint density at radius 2 is 2.35 bits per heavy atom. The molecule has 0 aliphatic rings. The van der Waals surface area contributed by atoms with Crippen LogP contribution in [0.5, 0.6) is 0 Å². The maximum absolute atomic E-state index is 11.5. The molecule has 17 heavy (non-hydrogen) atoms. The fourth-order valence-corrected chi connectivity index (χ4v) is 1.38. The molecule has 1 atom stereocenters. The first kappa shape index (κ1) is 11.8. The lowest BCUT2D eigenvalue weighted by Gasteiger charge is -2.07. The lowest BCUT2D eigenvalue weighted by atomic mass is 10.2. The molecule has 2 rings (SSSR count). The maximum atomic E-state index is 11.5. The second-order valence-electron chi connectivity index (χ2n) is 3.43. The highest BCUT2D eigenvalue weighted by molar-refractivity contribution is 9.10. The summed E-state index contributed by atoms with van der Waals surface area (Å²) in [5, 5.41) is 10.2. The first-order valence-corrected chi connectivity index (χ1v) is 5.90. The molecule has 1 heterocycles. The quantitative estimate of drug-likeness (QED) is 0.883. The van der Waals surface area contributed by atoms with Gasteiger partial charge in [-0.1, -0.05) is 22.0 Å². The summed E-state index contributed by atoms with van der Waals surface area (Å²) in [5.41, 5.74) is 1.46. The molecule has 1 N–H and O–H groups in total. The van der Waals surface area contributed by atoms with Crippen LogP contribution in [-0.2, 0) is 4.79 Å². The third-order valence-corrected chi connectivity index (χ3v) is 2.51. The van der Waals surface area contributed by atoms with Crippen LogP contribution in [0.25, 0.3) is 11.5 Å². The lowest BCUT2D eigenvalue weighted by Crippen LogP contribution is -2.19. The molecule has 0 aliphatic heterocycles. The van der Waals surface area contributed by atoms with Crippen molar-refractivity contribution in [3.05, 3.63) is 30.7 Å². The van der Waals surface area contributed by atoms with Gasteiger partial charge in [0, 0.05) is 11.3 Å². The van der Waals surface area contributed by atoms with Gasteiger partial charge in [0.15, 0.2) is 0 Å². The monoisotopic (exact) mass is 295 g/mol. The molecule has 1 aromatic heterocycles. The van der Waals surface area contributed by atoms with Gasteiger partial charge in [0.1, 0.15) is 0 Å². The molecule has 1 amide bonds. The van der Waals surface area contributed by atoms with Crippen LogP contribution in [0, 0.1) is 0 Å². The summed E-state index contributed by atoms with van der Waals surface area (Å²) in [6.07, 6.45) is 1.27. The molecule has 0 saturated heterocycles. The van der Waals surface area contributed by atoms with E-state index >= 15 is 0 Å². The van der Waals surface area contributed by atoms with E-state index in [2.05, 4.69) is 31.4 Å². The van der Waals surface area contributed by atoms with Crippen molar-refractivity contribution in [3.8, 4) is 11.5 Å². The highest BCUT2D eigenvalue weighted by Gasteiger charge is 2.10. The van der Waals surface area contributed by atoms with E-state index in [1.165, 1.54) is 6.39 Å². The van der Waals surface area contributed by atoms with Gasteiger partial charge in [0.25, 0.3) is 0 Å². The number of alkyl halides is 1. The Morgan fingerprint density at radius 3 is 3.00 bits per heavy atom. The number of nitrogens with one attached hydrogen (secondary N) is 1. The van der Waals surface area contributed by atoms with Crippen LogP contribution in [0.2, 0.25) is 0 Å².